The molecule has 1 amide bonds. The summed E-state index contributed by atoms with van der Waals surface area (Å²) in [6.07, 6.45) is 0.182. The molecule has 0 spiro atoms. The number of nitrogens with zero attached hydrogens (tertiary/aromatic N) is 4. The van der Waals surface area contributed by atoms with Gasteiger partial charge in [-0.1, -0.05) is 17.7 Å². The molecule has 0 bridgehead atoms. The lowest BCUT2D eigenvalue weighted by Gasteiger charge is -2.09. The van der Waals surface area contributed by atoms with Gasteiger partial charge in [0.1, 0.15) is 5.75 Å². The van der Waals surface area contributed by atoms with Gasteiger partial charge in [0.25, 0.3) is 0 Å². The molecular weight excluding hydrogens is 503 g/mol. The van der Waals surface area contributed by atoms with Crippen LogP contribution < -0.4 is 10.1 Å². The van der Waals surface area contributed by atoms with Crippen LogP contribution in [0.1, 0.15) is 47.7 Å². The van der Waals surface area contributed by atoms with Gasteiger partial charge in [-0.15, -0.1) is 0 Å². The highest BCUT2D eigenvalue weighted by Gasteiger charge is 2.41. The quantitative estimate of drug-likeness (QED) is 0.426. The van der Waals surface area contributed by atoms with Gasteiger partial charge in [0, 0.05) is 12.3 Å². The highest BCUT2D eigenvalue weighted by atomic mass is 79.9. The fourth-order valence-electron chi connectivity index (χ4n) is 3.58. The van der Waals surface area contributed by atoms with E-state index in [1.165, 1.54) is 10.9 Å². The van der Waals surface area contributed by atoms with Crippen LogP contribution in [0, 0.1) is 13.8 Å². The zero-order chi connectivity index (χ0) is 23.8. The Bertz CT molecular complexity index is 1170. The number of hydrogen-bond donors (Lipinski definition) is 1. The average molecular weight is 526 g/mol. The maximum Gasteiger partial charge on any atom is 0.436 e. The third-order valence-corrected chi connectivity index (χ3v) is 6.10. The first kappa shape index (κ1) is 23.3. The summed E-state index contributed by atoms with van der Waals surface area (Å²) in [6.45, 7) is 4.19. The first-order chi connectivity index (χ1) is 15.6. The summed E-state index contributed by atoms with van der Waals surface area (Å²) in [6, 6.07) is 5.88. The minimum absolute atomic E-state index is 0.0185. The number of ether oxygens (including phenoxy) is 1. The van der Waals surface area contributed by atoms with Gasteiger partial charge in [0.2, 0.25) is 5.91 Å². The first-order valence-corrected chi connectivity index (χ1v) is 11.3. The number of carbonyl (C=O) groups is 1. The summed E-state index contributed by atoms with van der Waals surface area (Å²) in [5.41, 5.74) is 2.19. The summed E-state index contributed by atoms with van der Waals surface area (Å²) in [5.74, 6) is 0.449. The molecule has 1 saturated carbocycles. The normalized spacial score (nSPS) is 13.9. The lowest BCUT2D eigenvalue weighted by Crippen LogP contribution is -2.16. The molecular formula is C22H23BrF3N5O2. The van der Waals surface area contributed by atoms with Gasteiger partial charge in [0.15, 0.2) is 12.4 Å². The number of aromatic nitrogens is 4. The Hall–Kier alpha value is -2.82. The Kier molecular flexibility index (Phi) is 6.51. The third kappa shape index (κ3) is 5.58. The molecule has 7 nitrogen and oxygen atoms in total. The van der Waals surface area contributed by atoms with E-state index < -0.39 is 11.9 Å². The number of benzene rings is 1. The lowest BCUT2D eigenvalue weighted by atomic mass is 10.1. The predicted molar refractivity (Wildman–Crippen MR) is 119 cm³/mol. The second kappa shape index (κ2) is 9.20. The smallest absolute Gasteiger partial charge is 0.436 e. The molecule has 0 radical (unpaired) electrons. The van der Waals surface area contributed by atoms with Crippen LogP contribution >= 0.6 is 15.9 Å². The molecule has 1 fully saturated rings. The van der Waals surface area contributed by atoms with Crippen molar-refractivity contribution >= 4 is 27.5 Å². The molecule has 1 aliphatic carbocycles. The number of aryl methyl sites for hydroxylation is 3. The van der Waals surface area contributed by atoms with Crippen LogP contribution in [0.15, 0.2) is 35.1 Å². The van der Waals surface area contributed by atoms with E-state index in [9.17, 15) is 18.0 Å². The van der Waals surface area contributed by atoms with Gasteiger partial charge < -0.3 is 10.1 Å². The molecule has 176 valence electrons. The van der Waals surface area contributed by atoms with E-state index in [1.807, 2.05) is 32.0 Å². The van der Waals surface area contributed by atoms with Gasteiger partial charge in [-0.25, -0.2) is 4.68 Å². The molecule has 4 rings (SSSR count). The van der Waals surface area contributed by atoms with Crippen molar-refractivity contribution in [1.82, 2.24) is 19.6 Å². The van der Waals surface area contributed by atoms with Gasteiger partial charge in [-0.2, -0.15) is 23.4 Å². The van der Waals surface area contributed by atoms with Gasteiger partial charge in [-0.3, -0.25) is 9.48 Å². The van der Waals surface area contributed by atoms with Crippen LogP contribution in [-0.4, -0.2) is 25.5 Å². The molecule has 33 heavy (non-hydrogen) atoms. The Morgan fingerprint density at radius 2 is 2.06 bits per heavy atom. The van der Waals surface area contributed by atoms with Crippen molar-refractivity contribution in [2.24, 2.45) is 0 Å². The van der Waals surface area contributed by atoms with E-state index in [1.54, 1.807) is 10.9 Å². The average Bonchev–Trinajstić information content (AvgIpc) is 3.37. The molecule has 0 saturated heterocycles. The molecule has 11 heteroatoms. The highest BCUT2D eigenvalue weighted by molar-refractivity contribution is 9.10. The van der Waals surface area contributed by atoms with Crippen molar-refractivity contribution in [2.75, 3.05) is 5.32 Å². The summed E-state index contributed by atoms with van der Waals surface area (Å²) < 4.78 is 48.2. The number of anilines is 1. The van der Waals surface area contributed by atoms with Crippen molar-refractivity contribution in [3.8, 4) is 5.75 Å². The van der Waals surface area contributed by atoms with E-state index in [2.05, 4.69) is 31.4 Å². The molecule has 3 aromatic rings. The molecule has 0 unspecified atom stereocenters. The van der Waals surface area contributed by atoms with Crippen LogP contribution in [0.2, 0.25) is 0 Å². The van der Waals surface area contributed by atoms with Crippen LogP contribution in [0.4, 0.5) is 18.9 Å². The molecule has 1 N–H and O–H groups in total. The second-order valence-electron chi connectivity index (χ2n) is 8.15. The Morgan fingerprint density at radius 3 is 2.73 bits per heavy atom. The Labute approximate surface area is 197 Å². The van der Waals surface area contributed by atoms with E-state index in [0.717, 1.165) is 29.7 Å². The number of nitrogens with one attached hydrogen (secondary N) is 1. The molecule has 2 heterocycles. The summed E-state index contributed by atoms with van der Waals surface area (Å²) in [4.78, 5) is 12.4. The first-order valence-electron chi connectivity index (χ1n) is 10.5. The number of alkyl halides is 3. The maximum atomic E-state index is 13.2. The molecule has 1 aliphatic rings. The largest absolute Gasteiger partial charge is 0.471 e. The molecule has 0 atom stereocenters. The van der Waals surface area contributed by atoms with Crippen LogP contribution in [0.5, 0.6) is 5.75 Å². The highest BCUT2D eigenvalue weighted by Crippen LogP contribution is 2.47. The Balaban J connectivity index is 1.33. The van der Waals surface area contributed by atoms with Crippen molar-refractivity contribution in [2.45, 2.75) is 58.5 Å². The minimum Gasteiger partial charge on any atom is -0.471 e. The fourth-order valence-corrected chi connectivity index (χ4v) is 4.41. The van der Waals surface area contributed by atoms with E-state index in [-0.39, 0.29) is 36.0 Å². The zero-order valence-corrected chi connectivity index (χ0v) is 19.7. The monoisotopic (exact) mass is 525 g/mol. The summed E-state index contributed by atoms with van der Waals surface area (Å²) in [7, 11) is 0. The van der Waals surface area contributed by atoms with Crippen molar-refractivity contribution in [3.63, 3.8) is 0 Å². The number of hydrogen-bond acceptors (Lipinski definition) is 4. The number of rotatable bonds is 8. The standard InChI is InChI=1S/C22H23BrF3N5O2/c1-13-3-6-17(14(2)9-13)33-12-30-11-16(10-27-30)28-18(32)7-8-31-20(15-4-5-15)19(23)21(29-31)22(24,25)26/h3,6,9-11,15H,4-5,7-8,12H2,1-2H3,(H,28,32). The van der Waals surface area contributed by atoms with E-state index in [4.69, 9.17) is 4.74 Å². The fraction of sp³-hybridized carbons (Fsp3) is 0.409. The zero-order valence-electron chi connectivity index (χ0n) is 18.1. The van der Waals surface area contributed by atoms with E-state index in [0.29, 0.717) is 11.4 Å². The number of halogens is 4. The van der Waals surface area contributed by atoms with Gasteiger partial charge in [-0.05, 0) is 54.2 Å². The minimum atomic E-state index is -4.55. The van der Waals surface area contributed by atoms with Gasteiger partial charge >= 0.3 is 6.18 Å². The van der Waals surface area contributed by atoms with Crippen LogP contribution in [-0.2, 0) is 24.2 Å². The summed E-state index contributed by atoms with van der Waals surface area (Å²) >= 11 is 3.05. The number of carbonyl (C=O) groups excluding carboxylic acids is 1. The van der Waals surface area contributed by atoms with Crippen molar-refractivity contribution in [1.29, 1.82) is 0 Å². The Morgan fingerprint density at radius 1 is 1.30 bits per heavy atom. The molecule has 0 aliphatic heterocycles. The molecule has 2 aromatic heterocycles. The third-order valence-electron chi connectivity index (χ3n) is 5.31. The van der Waals surface area contributed by atoms with Crippen molar-refractivity contribution in [3.05, 3.63) is 57.6 Å². The van der Waals surface area contributed by atoms with Gasteiger partial charge in [0.05, 0.1) is 34.8 Å². The maximum absolute atomic E-state index is 13.2. The van der Waals surface area contributed by atoms with Crippen molar-refractivity contribution < 1.29 is 22.7 Å². The van der Waals surface area contributed by atoms with E-state index >= 15 is 0 Å². The van der Waals surface area contributed by atoms with Crippen LogP contribution in [0.3, 0.4) is 0 Å². The topological polar surface area (TPSA) is 74.0 Å². The SMILES string of the molecule is Cc1ccc(OCn2cc(NC(=O)CCn3nc(C(F)(F)F)c(Br)c3C3CC3)cn2)c(C)c1. The molecule has 1 aromatic carbocycles. The van der Waals surface area contributed by atoms with Crippen LogP contribution in [0.25, 0.3) is 0 Å². The number of amides is 1. The predicted octanol–water partition coefficient (Wildman–Crippen LogP) is 5.42. The second-order valence-corrected chi connectivity index (χ2v) is 8.95. The summed E-state index contributed by atoms with van der Waals surface area (Å²) in [5, 5.41) is 10.6. The lowest BCUT2D eigenvalue weighted by molar-refractivity contribution is -0.142.